The zero-order chi connectivity index (χ0) is 24.9. The molecule has 5 rings (SSSR count). The number of hydrogen-bond donors (Lipinski definition) is 0. The summed E-state index contributed by atoms with van der Waals surface area (Å²) in [4.78, 5) is 5.18. The number of benzene rings is 4. The predicted octanol–water partition coefficient (Wildman–Crippen LogP) is 8.85. The third-order valence-electron chi connectivity index (χ3n) is 5.46. The van der Waals surface area contributed by atoms with Crippen molar-refractivity contribution in [3.05, 3.63) is 99.4 Å². The van der Waals surface area contributed by atoms with Gasteiger partial charge in [-0.3, -0.25) is 0 Å². The van der Waals surface area contributed by atoms with E-state index in [1.54, 1.807) is 11.3 Å². The number of allylic oxidation sites excluding steroid dienone is 1. The number of ether oxygens (including phenoxy) is 2. The van der Waals surface area contributed by atoms with E-state index in [9.17, 15) is 5.26 Å². The topological polar surface area (TPSA) is 55.1 Å². The van der Waals surface area contributed by atoms with Crippen molar-refractivity contribution >= 4 is 66.1 Å². The van der Waals surface area contributed by atoms with E-state index in [2.05, 4.69) is 51.2 Å². The molecule has 4 nitrogen and oxygen atoms in total. The van der Waals surface area contributed by atoms with Gasteiger partial charge in [0.1, 0.15) is 12.7 Å². The van der Waals surface area contributed by atoms with Gasteiger partial charge in [0, 0.05) is 0 Å². The summed E-state index contributed by atoms with van der Waals surface area (Å²) in [5.74, 6) is 1.26. The molecule has 0 unspecified atom stereocenters. The summed E-state index contributed by atoms with van der Waals surface area (Å²) in [6.45, 7) is 2.84. The number of aromatic nitrogens is 1. The summed E-state index contributed by atoms with van der Waals surface area (Å²) < 4.78 is 14.9. The highest BCUT2D eigenvalue weighted by Gasteiger charge is 2.14. The maximum absolute atomic E-state index is 9.79. The number of halogens is 1. The van der Waals surface area contributed by atoms with E-state index in [0.717, 1.165) is 30.2 Å². The predicted molar refractivity (Wildman–Crippen MR) is 153 cm³/mol. The van der Waals surface area contributed by atoms with E-state index in [1.807, 2.05) is 67.6 Å². The van der Waals surface area contributed by atoms with Crippen molar-refractivity contribution in [1.29, 1.82) is 5.26 Å². The standard InChI is InChI=1S/C29H21BrN2O2S2/c1-2-33-26-16-19(14-22(17-31)35-29-32-25-12-5-6-13-27(25)36-29)15-24(30)28(26)34-18-21-10-7-9-20-8-3-4-11-23(20)21/h3-16H,2,18H2,1H3/b22-14+. The lowest BCUT2D eigenvalue weighted by atomic mass is 10.1. The fourth-order valence-electron chi connectivity index (χ4n) is 3.87. The SMILES string of the molecule is CCOc1cc(/C=C(\C#N)Sc2nc3ccccc3s2)cc(Br)c1OCc1cccc2ccccc12. The molecule has 0 atom stereocenters. The molecule has 7 heteroatoms. The van der Waals surface area contributed by atoms with Crippen LogP contribution in [-0.2, 0) is 6.61 Å². The minimum atomic E-state index is 0.409. The average molecular weight is 574 g/mol. The Hall–Kier alpha value is -3.31. The normalized spacial score (nSPS) is 11.5. The van der Waals surface area contributed by atoms with Crippen LogP contribution < -0.4 is 9.47 Å². The summed E-state index contributed by atoms with van der Waals surface area (Å²) in [6.07, 6.45) is 1.85. The van der Waals surface area contributed by atoms with Crippen LogP contribution in [-0.4, -0.2) is 11.6 Å². The van der Waals surface area contributed by atoms with Crippen molar-refractivity contribution in [2.75, 3.05) is 6.61 Å². The van der Waals surface area contributed by atoms with Gasteiger partial charge in [-0.2, -0.15) is 5.26 Å². The molecule has 0 fully saturated rings. The van der Waals surface area contributed by atoms with E-state index < -0.39 is 0 Å². The Morgan fingerprint density at radius 1 is 1.06 bits per heavy atom. The Balaban J connectivity index is 1.41. The molecule has 0 aliphatic heterocycles. The van der Waals surface area contributed by atoms with Gasteiger partial charge in [0.2, 0.25) is 0 Å². The van der Waals surface area contributed by atoms with Crippen LogP contribution in [0.2, 0.25) is 0 Å². The lowest BCUT2D eigenvalue weighted by molar-refractivity contribution is 0.268. The van der Waals surface area contributed by atoms with Crippen LogP contribution >= 0.6 is 39.0 Å². The molecule has 0 amide bonds. The van der Waals surface area contributed by atoms with Crippen LogP contribution in [0.4, 0.5) is 0 Å². The molecule has 36 heavy (non-hydrogen) atoms. The summed E-state index contributed by atoms with van der Waals surface area (Å²) in [5.41, 5.74) is 2.88. The first-order chi connectivity index (χ1) is 17.6. The molecule has 178 valence electrons. The number of fused-ring (bicyclic) bond motifs is 2. The zero-order valence-electron chi connectivity index (χ0n) is 19.4. The van der Waals surface area contributed by atoms with Gasteiger partial charge in [-0.1, -0.05) is 54.6 Å². The van der Waals surface area contributed by atoms with Crippen molar-refractivity contribution in [3.63, 3.8) is 0 Å². The molecule has 5 aromatic rings. The van der Waals surface area contributed by atoms with Crippen molar-refractivity contribution in [2.24, 2.45) is 0 Å². The highest BCUT2D eigenvalue weighted by atomic mass is 79.9. The monoisotopic (exact) mass is 572 g/mol. The quantitative estimate of drug-likeness (QED) is 0.137. The third-order valence-corrected chi connectivity index (χ3v) is 8.08. The zero-order valence-corrected chi connectivity index (χ0v) is 22.6. The van der Waals surface area contributed by atoms with Crippen molar-refractivity contribution < 1.29 is 9.47 Å². The van der Waals surface area contributed by atoms with Crippen LogP contribution in [0.25, 0.3) is 27.1 Å². The molecule has 0 aliphatic rings. The third kappa shape index (κ3) is 5.41. The van der Waals surface area contributed by atoms with Gasteiger partial charge in [0.15, 0.2) is 15.8 Å². The largest absolute Gasteiger partial charge is 0.490 e. The lowest BCUT2D eigenvalue weighted by Crippen LogP contribution is -2.01. The molecule has 1 heterocycles. The van der Waals surface area contributed by atoms with Crippen LogP contribution in [0.5, 0.6) is 11.5 Å². The second kappa shape index (κ2) is 11.2. The molecule has 0 radical (unpaired) electrons. The Bertz CT molecular complexity index is 1580. The van der Waals surface area contributed by atoms with E-state index in [0.29, 0.717) is 29.6 Å². The van der Waals surface area contributed by atoms with E-state index in [1.165, 1.54) is 22.5 Å². The first kappa shape index (κ1) is 24.4. The smallest absolute Gasteiger partial charge is 0.175 e. The molecule has 1 aromatic heterocycles. The van der Waals surface area contributed by atoms with Gasteiger partial charge >= 0.3 is 0 Å². The number of para-hydroxylation sites is 1. The van der Waals surface area contributed by atoms with Crippen molar-refractivity contribution in [3.8, 4) is 17.6 Å². The Kier molecular flexibility index (Phi) is 7.57. The van der Waals surface area contributed by atoms with E-state index in [-0.39, 0.29) is 0 Å². The Labute approximate surface area is 226 Å². The number of hydrogen-bond acceptors (Lipinski definition) is 6. The van der Waals surface area contributed by atoms with Gasteiger partial charge in [-0.25, -0.2) is 4.98 Å². The molecular weight excluding hydrogens is 552 g/mol. The summed E-state index contributed by atoms with van der Waals surface area (Å²) >= 11 is 6.61. The molecule has 0 aliphatic carbocycles. The number of rotatable bonds is 8. The maximum atomic E-state index is 9.79. The number of thiazole rings is 1. The lowest BCUT2D eigenvalue weighted by Gasteiger charge is -2.15. The highest BCUT2D eigenvalue weighted by Crippen LogP contribution is 2.40. The summed E-state index contributed by atoms with van der Waals surface area (Å²) in [7, 11) is 0. The fraction of sp³-hybridized carbons (Fsp3) is 0.103. The van der Waals surface area contributed by atoms with Crippen molar-refractivity contribution in [2.45, 2.75) is 17.9 Å². The van der Waals surface area contributed by atoms with Crippen LogP contribution in [0.15, 0.2) is 92.6 Å². The highest BCUT2D eigenvalue weighted by molar-refractivity contribution is 9.10. The second-order valence-corrected chi connectivity index (χ2v) is 11.0. The average Bonchev–Trinajstić information content (AvgIpc) is 3.30. The minimum Gasteiger partial charge on any atom is -0.490 e. The van der Waals surface area contributed by atoms with E-state index >= 15 is 0 Å². The van der Waals surface area contributed by atoms with Gasteiger partial charge in [0.25, 0.3) is 0 Å². The first-order valence-electron chi connectivity index (χ1n) is 11.4. The Morgan fingerprint density at radius 3 is 2.69 bits per heavy atom. The van der Waals surface area contributed by atoms with Crippen LogP contribution in [0.1, 0.15) is 18.1 Å². The second-order valence-electron chi connectivity index (χ2n) is 7.86. The molecule has 4 aromatic carbocycles. The number of nitrogens with zero attached hydrogens (tertiary/aromatic N) is 2. The van der Waals surface area contributed by atoms with Crippen molar-refractivity contribution in [1.82, 2.24) is 4.98 Å². The van der Waals surface area contributed by atoms with Crippen LogP contribution in [0.3, 0.4) is 0 Å². The van der Waals surface area contributed by atoms with Gasteiger partial charge < -0.3 is 9.47 Å². The maximum Gasteiger partial charge on any atom is 0.175 e. The summed E-state index contributed by atoms with van der Waals surface area (Å²) in [6, 6.07) is 28.6. The van der Waals surface area contributed by atoms with Gasteiger partial charge in [-0.05, 0) is 86.9 Å². The summed E-state index contributed by atoms with van der Waals surface area (Å²) in [5, 5.41) is 12.1. The fourth-order valence-corrected chi connectivity index (χ4v) is 6.42. The van der Waals surface area contributed by atoms with Gasteiger partial charge in [-0.15, -0.1) is 11.3 Å². The Morgan fingerprint density at radius 2 is 1.86 bits per heavy atom. The van der Waals surface area contributed by atoms with E-state index in [4.69, 9.17) is 9.47 Å². The van der Waals surface area contributed by atoms with Crippen LogP contribution in [0, 0.1) is 11.3 Å². The molecule has 0 N–H and O–H groups in total. The van der Waals surface area contributed by atoms with Gasteiger partial charge in [0.05, 0.1) is 26.2 Å². The molecular formula is C29H21BrN2O2S2. The first-order valence-corrected chi connectivity index (χ1v) is 13.8. The molecule has 0 saturated carbocycles. The molecule has 0 spiro atoms. The number of thioether (sulfide) groups is 1. The number of nitriles is 1. The molecule has 0 bridgehead atoms. The molecule has 0 saturated heterocycles. The minimum absolute atomic E-state index is 0.409.